The smallest absolute Gasteiger partial charge is 0.299 e. The second kappa shape index (κ2) is 209. The Bertz CT molecular complexity index is 31.5. The molecule has 0 bridgehead atoms. The molecule has 13 heteroatoms. The van der Waals surface area contributed by atoms with Crippen LogP contribution in [-0.4, -0.2) is 93.7 Å². The molecule has 10 nitrogen and oxygen atoms in total. The van der Waals surface area contributed by atoms with Crippen molar-refractivity contribution in [2.45, 2.75) is 14.4 Å². The van der Waals surface area contributed by atoms with Crippen molar-refractivity contribution >= 4 is 30.0 Å². The fourth-order valence-electron chi connectivity index (χ4n) is 0. The first-order valence-electron chi connectivity index (χ1n) is 3.37. The van der Waals surface area contributed by atoms with Gasteiger partial charge in [0.15, 0.2) is 0 Å². The first-order valence-corrected chi connectivity index (χ1v) is 7.16. The van der Waals surface area contributed by atoms with E-state index in [1.807, 2.05) is 0 Å². The predicted molar refractivity (Wildman–Crippen MR) is 73.8 cm³/mol. The van der Waals surface area contributed by atoms with E-state index in [0.29, 0.717) is 0 Å². The fourth-order valence-corrected chi connectivity index (χ4v) is 0. The summed E-state index contributed by atoms with van der Waals surface area (Å²) in [6.45, 7) is 1.93. The molecule has 118 valence electrons. The van der Waals surface area contributed by atoms with E-state index in [1.165, 1.54) is 0 Å². The highest BCUT2D eigenvalue weighted by Crippen LogP contribution is 1.30. The Hall–Kier alpha value is 0.251. The molecule has 0 spiro atoms. The lowest BCUT2D eigenvalue weighted by Gasteiger charge is -1.52. The van der Waals surface area contributed by atoms with Crippen molar-refractivity contribution in [1.29, 1.82) is 0 Å². The second-order valence-electron chi connectivity index (χ2n) is 0.740. The first-order chi connectivity index (χ1) is 6.66. The molecule has 0 rings (SSSR count). The van der Waals surface area contributed by atoms with Crippen molar-refractivity contribution < 1.29 is 49.9 Å². The van der Waals surface area contributed by atoms with E-state index in [4.69, 9.17) is 39.0 Å². The van der Waals surface area contributed by atoms with Crippen LogP contribution < -0.4 is 0 Å². The summed E-state index contributed by atoms with van der Waals surface area (Å²) < 4.78 is 0. The summed E-state index contributed by atoms with van der Waals surface area (Å²) in [6, 6.07) is 0. The number of hydrogen-bond acceptors (Lipinski definition) is 8. The molecule has 17 heavy (non-hydrogen) atoms. The van der Waals surface area contributed by atoms with Gasteiger partial charge < -0.3 is 49.9 Å². The monoisotopic (exact) mass is 322 g/mol. The van der Waals surface area contributed by atoms with Gasteiger partial charge in [-0.25, -0.2) is 0 Å². The van der Waals surface area contributed by atoms with Crippen LogP contribution >= 0.6 is 0 Å². The zero-order valence-corrected chi connectivity index (χ0v) is 13.6. The summed E-state index contributed by atoms with van der Waals surface area (Å²) in [5, 5.41) is 14.6. The van der Waals surface area contributed by atoms with Crippen molar-refractivity contribution in [2.24, 2.45) is 0 Å². The van der Waals surface area contributed by atoms with Gasteiger partial charge in [0.1, 0.15) is 0 Å². The Morgan fingerprint density at radius 2 is 0.706 bits per heavy atom. The zero-order chi connectivity index (χ0) is 12.8. The van der Waals surface area contributed by atoms with Gasteiger partial charge in [0.25, 0.3) is 30.0 Å². The van der Waals surface area contributed by atoms with Crippen LogP contribution in [0.1, 0.15) is 14.4 Å². The first kappa shape index (κ1) is 53.2. The highest BCUT2D eigenvalue weighted by Gasteiger charge is 1.41. The third-order valence-electron chi connectivity index (χ3n) is 0. The van der Waals surface area contributed by atoms with Gasteiger partial charge in [-0.15, -0.1) is 0 Å². The van der Waals surface area contributed by atoms with E-state index in [2.05, 4.69) is 0 Å². The quantitative estimate of drug-likeness (QED) is 0.199. The molecule has 0 radical (unpaired) electrons. The molecule has 12 N–H and O–H groups in total. The highest BCUT2D eigenvalue weighted by atomic mass is 28.3. The highest BCUT2D eigenvalue weighted by molar-refractivity contribution is 6.13. The number of hydrogen-bond donors (Lipinski definition) is 8. The lowest BCUT2D eigenvalue weighted by atomic mass is 10.9. The SMILES string of the molecule is C.CCO.CO.O.O.O[SiH2]O.O[SiH2]O.O[SiH2]O. The standard InChI is InChI=1S/C2H6O.CH4O.CH4.3H4O2Si.2H2O/c1-2-3;1-2;;3*1-3-2;;/h3H,2H2,1H3;2H,1H3;1H4;3*1-2H,3H2;2*1H2. The molecule has 0 saturated heterocycles. The Balaban J connectivity index is -0.00000000957. The summed E-state index contributed by atoms with van der Waals surface area (Å²) in [4.78, 5) is 43.6. The molecule has 0 heterocycles. The van der Waals surface area contributed by atoms with Gasteiger partial charge in [-0.3, -0.25) is 0 Å². The third-order valence-corrected chi connectivity index (χ3v) is 0. The zero-order valence-electron chi connectivity index (χ0n) is 9.41. The summed E-state index contributed by atoms with van der Waals surface area (Å²) in [5.74, 6) is 0. The van der Waals surface area contributed by atoms with E-state index in [-0.39, 0.29) is 25.0 Å². The van der Waals surface area contributed by atoms with Crippen LogP contribution in [0.4, 0.5) is 0 Å². The van der Waals surface area contributed by atoms with Crippen molar-refractivity contribution in [1.82, 2.24) is 0 Å². The number of aliphatic hydroxyl groups is 2. The van der Waals surface area contributed by atoms with E-state index < -0.39 is 30.0 Å². The molecule has 0 saturated carbocycles. The van der Waals surface area contributed by atoms with Crippen LogP contribution in [-0.2, 0) is 0 Å². The molecule has 0 aromatic rings. The predicted octanol–water partition coefficient (Wildman–Crippen LogP) is -7.50. The molecule has 0 atom stereocenters. The van der Waals surface area contributed by atoms with Gasteiger partial charge in [-0.1, -0.05) is 7.43 Å². The van der Waals surface area contributed by atoms with E-state index in [1.54, 1.807) is 6.92 Å². The molecule has 0 amide bonds. The average molecular weight is 323 g/mol. The molecule has 0 aliphatic carbocycles. The Morgan fingerprint density at radius 1 is 0.706 bits per heavy atom. The average Bonchev–Trinajstić information content (AvgIpc) is 2.12. The molecule has 0 aromatic heterocycles. The molecular formula is C4H30O10Si3. The fraction of sp³-hybridized carbons (Fsp3) is 1.00. The van der Waals surface area contributed by atoms with Gasteiger partial charge in [0.05, 0.1) is 0 Å². The minimum absolute atomic E-state index is 0. The van der Waals surface area contributed by atoms with E-state index in [9.17, 15) is 0 Å². The molecule has 0 aliphatic heterocycles. The van der Waals surface area contributed by atoms with Crippen LogP contribution in [0.15, 0.2) is 0 Å². The van der Waals surface area contributed by atoms with Gasteiger partial charge in [-0.2, -0.15) is 0 Å². The Morgan fingerprint density at radius 3 is 0.706 bits per heavy atom. The molecule has 0 fully saturated rings. The normalized spacial score (nSPS) is 4.59. The third kappa shape index (κ3) is 52500. The Labute approximate surface area is 109 Å². The van der Waals surface area contributed by atoms with Gasteiger partial charge in [-0.05, 0) is 6.92 Å². The second-order valence-corrected chi connectivity index (χ2v) is 1.59. The maximum Gasteiger partial charge on any atom is 0.299 e. The summed E-state index contributed by atoms with van der Waals surface area (Å²) in [7, 11) is -3.75. The van der Waals surface area contributed by atoms with Crippen LogP contribution in [0.5, 0.6) is 0 Å². The molecular weight excluding hydrogens is 292 g/mol. The van der Waals surface area contributed by atoms with Crippen LogP contribution in [0.3, 0.4) is 0 Å². The van der Waals surface area contributed by atoms with Crippen LogP contribution in [0, 0.1) is 0 Å². The van der Waals surface area contributed by atoms with E-state index in [0.717, 1.165) is 7.11 Å². The van der Waals surface area contributed by atoms with Crippen LogP contribution in [0.25, 0.3) is 0 Å². The van der Waals surface area contributed by atoms with E-state index >= 15 is 0 Å². The van der Waals surface area contributed by atoms with Crippen molar-refractivity contribution in [3.05, 3.63) is 0 Å². The maximum atomic E-state index is 7.57. The van der Waals surface area contributed by atoms with Gasteiger partial charge in [0.2, 0.25) is 0 Å². The van der Waals surface area contributed by atoms with Gasteiger partial charge in [0, 0.05) is 13.7 Å². The van der Waals surface area contributed by atoms with Crippen molar-refractivity contribution in [2.75, 3.05) is 13.7 Å². The van der Waals surface area contributed by atoms with Crippen molar-refractivity contribution in [3.63, 3.8) is 0 Å². The number of rotatable bonds is 0. The molecule has 0 aromatic carbocycles. The summed E-state index contributed by atoms with van der Waals surface area (Å²) in [5.41, 5.74) is 0. The molecule has 0 unspecified atom stereocenters. The topological polar surface area (TPSA) is 225 Å². The lowest BCUT2D eigenvalue weighted by molar-refractivity contribution is 0.318. The Kier molecular flexibility index (Phi) is 655. The van der Waals surface area contributed by atoms with Crippen LogP contribution in [0.2, 0.25) is 0 Å². The summed E-state index contributed by atoms with van der Waals surface area (Å²) in [6.07, 6.45) is 0. The largest absolute Gasteiger partial charge is 0.415 e. The maximum absolute atomic E-state index is 7.57. The van der Waals surface area contributed by atoms with Gasteiger partial charge >= 0.3 is 0 Å². The number of aliphatic hydroxyl groups excluding tert-OH is 2. The lowest BCUT2D eigenvalue weighted by Crippen LogP contribution is -1.75. The minimum atomic E-state index is -1.58. The van der Waals surface area contributed by atoms with Crippen molar-refractivity contribution in [3.8, 4) is 0 Å². The summed E-state index contributed by atoms with van der Waals surface area (Å²) >= 11 is 0. The minimum Gasteiger partial charge on any atom is -0.415 e. The molecule has 0 aliphatic rings.